The van der Waals surface area contributed by atoms with E-state index in [0.29, 0.717) is 0 Å². The molecule has 0 spiro atoms. The first kappa shape index (κ1) is 8.70. The summed E-state index contributed by atoms with van der Waals surface area (Å²) in [6.45, 7) is 0. The predicted molar refractivity (Wildman–Crippen MR) is 51.5 cm³/mol. The lowest BCUT2D eigenvalue weighted by Gasteiger charge is -1.99. The van der Waals surface area contributed by atoms with Crippen molar-refractivity contribution in [2.75, 3.05) is 12.5 Å². The monoisotopic (exact) mass is 191 g/mol. The van der Waals surface area contributed by atoms with Crippen molar-refractivity contribution >= 4 is 50.5 Å². The van der Waals surface area contributed by atoms with Crippen LogP contribution < -0.4 is 0 Å². The molecule has 0 aromatic rings. The third-order valence-corrected chi connectivity index (χ3v) is 12.8. The lowest BCUT2D eigenvalue weighted by Crippen LogP contribution is -1.84. The van der Waals surface area contributed by atoms with Crippen LogP contribution >= 0.6 is 28.1 Å². The van der Waals surface area contributed by atoms with E-state index < -0.39 is 3.64 Å². The molecule has 7 heavy (non-hydrogen) atoms. The molecule has 5 heteroatoms. The van der Waals surface area contributed by atoms with Crippen molar-refractivity contribution in [1.29, 1.82) is 0 Å². The molecule has 0 bridgehead atoms. The molecule has 0 atom stereocenters. The minimum absolute atomic E-state index is 0.221. The van der Waals surface area contributed by atoms with Gasteiger partial charge in [0.05, 0.1) is 0 Å². The minimum Gasteiger partial charge on any atom is -0.0811 e. The van der Waals surface area contributed by atoms with Gasteiger partial charge in [0.25, 0.3) is 0 Å². The van der Waals surface area contributed by atoms with Gasteiger partial charge in [-0.1, -0.05) is 24.5 Å². The molecule has 0 aliphatic rings. The number of thiol groups is 2. The fraction of sp³-hybridized carbons (Fsp3) is 1.00. The van der Waals surface area contributed by atoms with E-state index in [2.05, 4.69) is 37.0 Å². The summed E-state index contributed by atoms with van der Waals surface area (Å²) in [5, 5.41) is 0. The van der Waals surface area contributed by atoms with Crippen LogP contribution in [0.15, 0.2) is 0 Å². The fourth-order valence-electron chi connectivity index (χ4n) is 0. The quantitative estimate of drug-likeness (QED) is 0.363. The maximum Gasteiger partial charge on any atom is 0.240 e. The molecule has 0 aromatic carbocycles. The Bertz CT molecular complexity index is 91.9. The highest BCUT2D eigenvalue weighted by Crippen LogP contribution is 2.61. The maximum absolute atomic E-state index is 4.96. The minimum atomic E-state index is -1.49. The van der Waals surface area contributed by atoms with E-state index >= 15 is 0 Å². The van der Waals surface area contributed by atoms with E-state index in [4.69, 9.17) is 11.8 Å². The van der Waals surface area contributed by atoms with Crippen molar-refractivity contribution in [2.24, 2.45) is 0 Å². The van der Waals surface area contributed by atoms with E-state index in [9.17, 15) is 0 Å². The van der Waals surface area contributed by atoms with Gasteiger partial charge in [-0.15, -0.1) is 0 Å². The van der Waals surface area contributed by atoms with Gasteiger partial charge in [-0.2, -0.15) is 0 Å². The largest absolute Gasteiger partial charge is 0.240 e. The lowest BCUT2D eigenvalue weighted by molar-refractivity contribution is 2.34. The molecule has 0 rings (SSSR count). The van der Waals surface area contributed by atoms with Gasteiger partial charge < -0.3 is 0 Å². The van der Waals surface area contributed by atoms with Crippen LogP contribution in [-0.4, -0.2) is 12.5 Å². The Hall–Kier alpha value is 1.70. The Morgan fingerprint density at radius 1 is 1.43 bits per heavy atom. The molecule has 0 unspecified atom stereocenters. The molecule has 0 amide bonds. The zero-order chi connectivity index (χ0) is 6.08. The number of hydrogen-bond donors (Lipinski definition) is 2. The van der Waals surface area contributed by atoms with E-state index in [1.807, 2.05) is 0 Å². The highest BCUT2D eigenvalue weighted by atomic mass is 33.5. The Morgan fingerprint density at radius 3 is 1.57 bits per heavy atom. The first-order valence-electron chi connectivity index (χ1n) is 1.58. The van der Waals surface area contributed by atoms with Crippen LogP contribution in [0.2, 0.25) is 0 Å². The Kier molecular flexibility index (Phi) is 3.75. The second-order valence-electron chi connectivity index (χ2n) is 1.26. The topological polar surface area (TPSA) is 0 Å². The average molecular weight is 191 g/mol. The molecule has 0 heterocycles. The first-order chi connectivity index (χ1) is 2.94. The summed E-state index contributed by atoms with van der Waals surface area (Å²) in [4.78, 5) is 0. The molecule has 0 radical (unpaired) electrons. The van der Waals surface area contributed by atoms with Gasteiger partial charge in [0.2, 0.25) is 3.64 Å². The summed E-state index contributed by atoms with van der Waals surface area (Å²) in [5.41, 5.74) is 0. The lowest BCUT2D eigenvalue weighted by atomic mass is 11.9. The first-order valence-corrected chi connectivity index (χ1v) is 9.34. The van der Waals surface area contributed by atoms with Gasteiger partial charge in [0.15, 0.2) is 0 Å². The van der Waals surface area contributed by atoms with Crippen LogP contribution in [0.25, 0.3) is 0 Å². The molecular formula is C2H8PS4+. The average Bonchev–Trinajstić information content (AvgIpc) is 1.31. The molecule has 0 aliphatic carbocycles. The molecular weight excluding hydrogens is 183 g/mol. The zero-order valence-electron chi connectivity index (χ0n) is 4.16. The van der Waals surface area contributed by atoms with Crippen molar-refractivity contribution < 1.29 is 0 Å². The molecule has 0 nitrogen and oxygen atoms in total. The summed E-state index contributed by atoms with van der Waals surface area (Å²) in [6.07, 6.45) is 4.14. The van der Waals surface area contributed by atoms with Crippen molar-refractivity contribution in [2.45, 2.75) is 0 Å². The van der Waals surface area contributed by atoms with Crippen LogP contribution in [0.3, 0.4) is 0 Å². The fourth-order valence-corrected chi connectivity index (χ4v) is 0. The zero-order valence-corrected chi connectivity index (χ0v) is 8.47. The SMILES string of the molecule is C[S+](C)P(=S)(S)S. The van der Waals surface area contributed by atoms with Gasteiger partial charge in [0, 0.05) is 10.5 Å². The van der Waals surface area contributed by atoms with Crippen LogP contribution in [0.4, 0.5) is 0 Å². The standard InChI is InChI=1S/C2H7PS4/c1-7(2)3(4,5)6/h1-2H3,(H-,4,5,6)/p+1. The van der Waals surface area contributed by atoms with Crippen LogP contribution in [0.5, 0.6) is 0 Å². The van der Waals surface area contributed by atoms with Gasteiger partial charge in [-0.3, -0.25) is 0 Å². The van der Waals surface area contributed by atoms with Gasteiger partial charge in [-0.05, 0) is 11.8 Å². The summed E-state index contributed by atoms with van der Waals surface area (Å²) in [6, 6.07) is 0. The summed E-state index contributed by atoms with van der Waals surface area (Å²) in [5.74, 6) is 0. The highest BCUT2D eigenvalue weighted by Gasteiger charge is 2.19. The van der Waals surface area contributed by atoms with Crippen molar-refractivity contribution in [3.8, 4) is 0 Å². The normalized spacial score (nSPS) is 12.7. The second-order valence-corrected chi connectivity index (χ2v) is 17.8. The van der Waals surface area contributed by atoms with Gasteiger partial charge in [0.1, 0.15) is 12.5 Å². The summed E-state index contributed by atoms with van der Waals surface area (Å²) >= 11 is 13.3. The third-order valence-electron chi connectivity index (χ3n) is 0.476. The number of rotatable bonds is 1. The molecule has 0 aliphatic heterocycles. The number of hydrogen-bond acceptors (Lipinski definition) is 1. The van der Waals surface area contributed by atoms with Crippen molar-refractivity contribution in [3.05, 3.63) is 0 Å². The summed E-state index contributed by atoms with van der Waals surface area (Å²) in [7, 11) is 0.221. The van der Waals surface area contributed by atoms with E-state index in [1.54, 1.807) is 0 Å². The Labute approximate surface area is 62.9 Å². The van der Waals surface area contributed by atoms with Gasteiger partial charge >= 0.3 is 0 Å². The molecule has 0 saturated heterocycles. The molecule has 0 aromatic heterocycles. The Morgan fingerprint density at radius 2 is 1.57 bits per heavy atom. The Balaban J connectivity index is 3.80. The maximum atomic E-state index is 4.96. The highest BCUT2D eigenvalue weighted by molar-refractivity contribution is 9.16. The third kappa shape index (κ3) is 4.22. The molecule has 0 fully saturated rings. The van der Waals surface area contributed by atoms with Crippen LogP contribution in [0.1, 0.15) is 0 Å². The van der Waals surface area contributed by atoms with E-state index in [-0.39, 0.29) is 10.5 Å². The summed E-state index contributed by atoms with van der Waals surface area (Å²) < 4.78 is -1.49. The van der Waals surface area contributed by atoms with Crippen LogP contribution in [-0.2, 0) is 22.3 Å². The molecule has 0 N–H and O–H groups in total. The predicted octanol–water partition coefficient (Wildman–Crippen LogP) is 1.95. The van der Waals surface area contributed by atoms with E-state index in [0.717, 1.165) is 0 Å². The molecule has 44 valence electrons. The molecule has 0 saturated carbocycles. The van der Waals surface area contributed by atoms with Crippen molar-refractivity contribution in [1.82, 2.24) is 0 Å². The smallest absolute Gasteiger partial charge is 0.0811 e. The van der Waals surface area contributed by atoms with Crippen molar-refractivity contribution in [3.63, 3.8) is 0 Å². The van der Waals surface area contributed by atoms with Gasteiger partial charge in [-0.25, -0.2) is 0 Å². The van der Waals surface area contributed by atoms with E-state index in [1.165, 1.54) is 0 Å². The second kappa shape index (κ2) is 3.02. The van der Waals surface area contributed by atoms with Crippen LogP contribution in [0, 0.1) is 0 Å².